The van der Waals surface area contributed by atoms with Gasteiger partial charge in [0.15, 0.2) is 5.88 Å². The van der Waals surface area contributed by atoms with Crippen LogP contribution in [0.25, 0.3) is 10.9 Å². The van der Waals surface area contributed by atoms with Gasteiger partial charge in [0.05, 0.1) is 17.0 Å². The van der Waals surface area contributed by atoms with Crippen molar-refractivity contribution in [3.05, 3.63) is 89.5 Å². The van der Waals surface area contributed by atoms with E-state index in [9.17, 15) is 26.7 Å². The molecule has 1 aliphatic heterocycles. The van der Waals surface area contributed by atoms with Gasteiger partial charge < -0.3 is 10.1 Å². The van der Waals surface area contributed by atoms with Crippen LogP contribution in [0.3, 0.4) is 0 Å². The summed E-state index contributed by atoms with van der Waals surface area (Å²) in [5, 5.41) is 11.2. The predicted octanol–water partition coefficient (Wildman–Crippen LogP) is 6.54. The Kier molecular flexibility index (Phi) is 7.61. The van der Waals surface area contributed by atoms with Gasteiger partial charge in [-0.05, 0) is 67.7 Å². The fourth-order valence-electron chi connectivity index (χ4n) is 4.84. The van der Waals surface area contributed by atoms with Crippen molar-refractivity contribution in [3.8, 4) is 5.88 Å². The van der Waals surface area contributed by atoms with Gasteiger partial charge in [0.1, 0.15) is 0 Å². The lowest BCUT2D eigenvalue weighted by Gasteiger charge is -2.30. The van der Waals surface area contributed by atoms with E-state index in [1.54, 1.807) is 16.9 Å². The first kappa shape index (κ1) is 27.7. The minimum Gasteiger partial charge on any atom is -0.494 e. The minimum atomic E-state index is -5.62. The highest BCUT2D eigenvalue weighted by Crippen LogP contribution is 2.34. The molecule has 1 saturated heterocycles. The third-order valence-electron chi connectivity index (χ3n) is 7.08. The summed E-state index contributed by atoms with van der Waals surface area (Å²) in [7, 11) is -5.62. The smallest absolute Gasteiger partial charge is 0.494 e. The summed E-state index contributed by atoms with van der Waals surface area (Å²) in [6.45, 7) is 5.27. The SMILES string of the molecule is CC1CCN(Cc2ccc(N=C(c3ccccc3)c3c(O)[nH]c4ccc(NS(=O)(=O)C(F)(F)F)cc34)cc2)CC1. The van der Waals surface area contributed by atoms with E-state index < -0.39 is 15.5 Å². The topological polar surface area (TPSA) is 97.8 Å². The molecule has 0 bridgehead atoms. The number of aromatic hydroxyl groups is 1. The van der Waals surface area contributed by atoms with Gasteiger partial charge in [0, 0.05) is 28.7 Å². The van der Waals surface area contributed by atoms with E-state index in [2.05, 4.69) is 16.8 Å². The molecular formula is C29H29F3N4O3S. The maximum atomic E-state index is 13.0. The molecule has 0 saturated carbocycles. The molecule has 0 spiro atoms. The monoisotopic (exact) mass is 570 g/mol. The number of aliphatic imine (C=N–C) groups is 1. The average molecular weight is 571 g/mol. The van der Waals surface area contributed by atoms with Crippen LogP contribution in [0.15, 0.2) is 77.8 Å². The van der Waals surface area contributed by atoms with Gasteiger partial charge in [-0.25, -0.2) is 4.99 Å². The molecule has 40 heavy (non-hydrogen) atoms. The number of hydrogen-bond donors (Lipinski definition) is 3. The van der Waals surface area contributed by atoms with E-state index in [1.807, 2.05) is 42.5 Å². The van der Waals surface area contributed by atoms with Crippen molar-refractivity contribution >= 4 is 38.0 Å². The summed E-state index contributed by atoms with van der Waals surface area (Å²) < 4.78 is 63.8. The van der Waals surface area contributed by atoms with E-state index in [4.69, 9.17) is 4.99 Å². The molecule has 3 aromatic carbocycles. The van der Waals surface area contributed by atoms with Crippen LogP contribution in [-0.2, 0) is 16.6 Å². The van der Waals surface area contributed by atoms with Crippen molar-refractivity contribution in [3.63, 3.8) is 0 Å². The highest BCUT2D eigenvalue weighted by Gasteiger charge is 2.46. The van der Waals surface area contributed by atoms with Gasteiger partial charge in [-0.1, -0.05) is 49.4 Å². The molecule has 0 aliphatic carbocycles. The Bertz CT molecular complexity index is 1630. The van der Waals surface area contributed by atoms with Crippen LogP contribution in [0.1, 0.15) is 36.5 Å². The van der Waals surface area contributed by atoms with Gasteiger partial charge in [-0.15, -0.1) is 0 Å². The maximum Gasteiger partial charge on any atom is 0.516 e. The summed E-state index contributed by atoms with van der Waals surface area (Å²) >= 11 is 0. The number of anilines is 1. The molecular weight excluding hydrogens is 541 g/mol. The zero-order chi connectivity index (χ0) is 28.5. The minimum absolute atomic E-state index is 0.237. The van der Waals surface area contributed by atoms with E-state index >= 15 is 0 Å². The van der Waals surface area contributed by atoms with Gasteiger partial charge in [0.2, 0.25) is 0 Å². The number of nitrogens with one attached hydrogen (secondary N) is 2. The van der Waals surface area contributed by atoms with Crippen molar-refractivity contribution in [1.82, 2.24) is 9.88 Å². The first-order valence-corrected chi connectivity index (χ1v) is 14.4. The zero-order valence-corrected chi connectivity index (χ0v) is 22.6. The number of halogens is 3. The van der Waals surface area contributed by atoms with Crippen molar-refractivity contribution in [1.29, 1.82) is 0 Å². The first-order chi connectivity index (χ1) is 19.0. The first-order valence-electron chi connectivity index (χ1n) is 12.9. The van der Waals surface area contributed by atoms with E-state index in [1.165, 1.54) is 31.0 Å². The number of aromatic amines is 1. The third kappa shape index (κ3) is 6.00. The van der Waals surface area contributed by atoms with Crippen LogP contribution in [0.2, 0.25) is 0 Å². The number of hydrogen-bond acceptors (Lipinski definition) is 5. The van der Waals surface area contributed by atoms with Gasteiger partial charge in [-0.2, -0.15) is 21.6 Å². The Hall–Kier alpha value is -3.83. The van der Waals surface area contributed by atoms with E-state index in [0.717, 1.165) is 31.1 Å². The molecule has 5 rings (SSSR count). The lowest BCUT2D eigenvalue weighted by Crippen LogP contribution is -2.32. The number of H-pyrrole nitrogens is 1. The number of likely N-dealkylation sites (tertiary alicyclic amines) is 1. The van der Waals surface area contributed by atoms with Gasteiger partial charge in [-0.3, -0.25) is 9.62 Å². The van der Waals surface area contributed by atoms with Crippen molar-refractivity contribution < 1.29 is 26.7 Å². The summed E-state index contributed by atoms with van der Waals surface area (Å²) in [6.07, 6.45) is 2.38. The number of fused-ring (bicyclic) bond motifs is 1. The Balaban J connectivity index is 1.52. The highest BCUT2D eigenvalue weighted by atomic mass is 32.2. The van der Waals surface area contributed by atoms with E-state index in [-0.39, 0.29) is 17.1 Å². The molecule has 1 fully saturated rings. The second-order valence-electron chi connectivity index (χ2n) is 10.1. The number of piperidine rings is 1. The zero-order valence-electron chi connectivity index (χ0n) is 21.7. The molecule has 1 aliphatic rings. The van der Waals surface area contributed by atoms with Crippen LogP contribution >= 0.6 is 0 Å². The maximum absolute atomic E-state index is 13.0. The molecule has 0 unspecified atom stereocenters. The van der Waals surface area contributed by atoms with Crippen molar-refractivity contribution in [2.24, 2.45) is 10.9 Å². The molecule has 11 heteroatoms. The van der Waals surface area contributed by atoms with E-state index in [0.29, 0.717) is 27.9 Å². The van der Waals surface area contributed by atoms with Crippen molar-refractivity contribution in [2.45, 2.75) is 31.8 Å². The number of rotatable bonds is 7. The number of aromatic nitrogens is 1. The fraction of sp³-hybridized carbons (Fsp3) is 0.276. The van der Waals surface area contributed by atoms with Crippen LogP contribution in [-0.4, -0.2) is 47.7 Å². The van der Waals surface area contributed by atoms with Crippen LogP contribution in [0, 0.1) is 5.92 Å². The summed E-state index contributed by atoms with van der Waals surface area (Å²) in [5.41, 5.74) is -2.32. The second kappa shape index (κ2) is 11.0. The lowest BCUT2D eigenvalue weighted by molar-refractivity contribution is -0.0429. The Labute approximate surface area is 230 Å². The average Bonchev–Trinajstić information content (AvgIpc) is 3.24. The molecule has 1 aromatic heterocycles. The van der Waals surface area contributed by atoms with Crippen LogP contribution < -0.4 is 4.72 Å². The number of sulfonamides is 1. The van der Waals surface area contributed by atoms with Gasteiger partial charge >= 0.3 is 15.5 Å². The molecule has 7 nitrogen and oxygen atoms in total. The molecule has 210 valence electrons. The summed E-state index contributed by atoms with van der Waals surface area (Å²) in [5.74, 6) is 0.510. The number of nitrogens with zero attached hydrogens (tertiary/aromatic N) is 2. The molecule has 3 N–H and O–H groups in total. The highest BCUT2D eigenvalue weighted by molar-refractivity contribution is 7.93. The standard InChI is InChI=1S/C29H29F3N4O3S/c1-19-13-15-36(16-14-19)18-20-7-9-22(10-8-20)33-27(21-5-3-2-4-6-21)26-24-17-23(11-12-25(24)34-28(26)37)35-40(38,39)29(30,31)32/h2-12,17,19,34-35,37H,13-16,18H2,1H3. The Morgan fingerprint density at radius 3 is 2.38 bits per heavy atom. The largest absolute Gasteiger partial charge is 0.516 e. The molecule has 2 heterocycles. The normalized spacial score (nSPS) is 15.9. The lowest BCUT2D eigenvalue weighted by atomic mass is 9.99. The summed E-state index contributed by atoms with van der Waals surface area (Å²) in [6, 6.07) is 20.7. The third-order valence-corrected chi connectivity index (χ3v) is 8.19. The van der Waals surface area contributed by atoms with Crippen LogP contribution in [0.4, 0.5) is 24.5 Å². The predicted molar refractivity (Wildman–Crippen MR) is 150 cm³/mol. The number of benzene rings is 3. The molecule has 0 atom stereocenters. The number of alkyl halides is 3. The molecule has 0 amide bonds. The Morgan fingerprint density at radius 2 is 1.73 bits per heavy atom. The van der Waals surface area contributed by atoms with Crippen molar-refractivity contribution in [2.75, 3.05) is 17.8 Å². The fourth-order valence-corrected chi connectivity index (χ4v) is 5.39. The summed E-state index contributed by atoms with van der Waals surface area (Å²) in [4.78, 5) is 10.1. The quantitative estimate of drug-likeness (QED) is 0.220. The molecule has 4 aromatic rings. The van der Waals surface area contributed by atoms with Crippen LogP contribution in [0.5, 0.6) is 5.88 Å². The van der Waals surface area contributed by atoms with Gasteiger partial charge in [0.25, 0.3) is 0 Å². The second-order valence-corrected chi connectivity index (χ2v) is 11.8. The molecule has 0 radical (unpaired) electrons. The Morgan fingerprint density at radius 1 is 1.05 bits per heavy atom.